The van der Waals surface area contributed by atoms with Gasteiger partial charge in [0.15, 0.2) is 0 Å². The second-order valence-electron chi connectivity index (χ2n) is 8.90. The average molecular weight is 527 g/mol. The van der Waals surface area contributed by atoms with Gasteiger partial charge in [0.25, 0.3) is 10.0 Å². The van der Waals surface area contributed by atoms with E-state index in [1.165, 1.54) is 3.97 Å². The van der Waals surface area contributed by atoms with Gasteiger partial charge in [-0.3, -0.25) is 4.40 Å². The number of benzene rings is 3. The monoisotopic (exact) mass is 526 g/mol. The Morgan fingerprint density at radius 3 is 2.51 bits per heavy atom. The molecule has 0 spiro atoms. The van der Waals surface area contributed by atoms with Gasteiger partial charge in [0.1, 0.15) is 17.2 Å². The third kappa shape index (κ3) is 4.16. The van der Waals surface area contributed by atoms with Gasteiger partial charge in [-0.25, -0.2) is 17.4 Å². The lowest BCUT2D eigenvalue weighted by atomic mass is 10.1. The Labute approximate surface area is 219 Å². The summed E-state index contributed by atoms with van der Waals surface area (Å²) in [6.07, 6.45) is 3.61. The quantitative estimate of drug-likeness (QED) is 0.260. The molecule has 6 aromatic rings. The average Bonchev–Trinajstić information content (AvgIpc) is 3.47. The van der Waals surface area contributed by atoms with E-state index in [9.17, 15) is 8.42 Å². The van der Waals surface area contributed by atoms with Crippen molar-refractivity contribution < 1.29 is 8.42 Å². The minimum absolute atomic E-state index is 0.236. The van der Waals surface area contributed by atoms with Crippen LogP contribution in [-0.2, 0) is 16.6 Å². The van der Waals surface area contributed by atoms with Crippen molar-refractivity contribution in [3.8, 4) is 11.3 Å². The summed E-state index contributed by atoms with van der Waals surface area (Å²) in [4.78, 5) is 5.14. The molecule has 0 aliphatic heterocycles. The fourth-order valence-corrected chi connectivity index (χ4v) is 6.13. The lowest BCUT2D eigenvalue weighted by Crippen LogP contribution is -2.11. The van der Waals surface area contributed by atoms with E-state index >= 15 is 0 Å². The van der Waals surface area contributed by atoms with Gasteiger partial charge in [-0.15, -0.1) is 0 Å². The van der Waals surface area contributed by atoms with Gasteiger partial charge in [-0.2, -0.15) is 0 Å². The van der Waals surface area contributed by atoms with Crippen molar-refractivity contribution in [2.45, 2.75) is 18.4 Å². The van der Waals surface area contributed by atoms with Crippen molar-refractivity contribution in [1.29, 1.82) is 0 Å². The van der Waals surface area contributed by atoms with E-state index in [1.54, 1.807) is 30.5 Å². The molecule has 0 saturated carbocycles. The molecule has 3 heterocycles. The first-order valence-electron chi connectivity index (χ1n) is 11.8. The summed E-state index contributed by atoms with van der Waals surface area (Å²) in [5, 5.41) is 4.98. The molecule has 0 fully saturated rings. The number of hydrogen-bond donors (Lipinski definition) is 1. The van der Waals surface area contributed by atoms with E-state index < -0.39 is 10.0 Å². The zero-order valence-electron chi connectivity index (χ0n) is 20.0. The third-order valence-electron chi connectivity index (χ3n) is 6.39. The number of hydrogen-bond acceptors (Lipinski definition) is 4. The second-order valence-corrected chi connectivity index (χ2v) is 11.1. The molecule has 0 aliphatic carbocycles. The van der Waals surface area contributed by atoms with Crippen molar-refractivity contribution in [3.05, 3.63) is 120 Å². The largest absolute Gasteiger partial charge is 0.365 e. The molecular formula is C29H23ClN4O2S. The number of rotatable bonds is 6. The molecule has 3 aromatic heterocycles. The Hall–Kier alpha value is -4.07. The minimum Gasteiger partial charge on any atom is -0.365 e. The van der Waals surface area contributed by atoms with Crippen LogP contribution in [0, 0.1) is 6.92 Å². The van der Waals surface area contributed by atoms with E-state index in [1.807, 2.05) is 84.3 Å². The predicted octanol–water partition coefficient (Wildman–Crippen LogP) is 6.77. The van der Waals surface area contributed by atoms with E-state index in [4.69, 9.17) is 16.6 Å². The number of aryl methyl sites for hydroxylation is 1. The summed E-state index contributed by atoms with van der Waals surface area (Å²) in [5.41, 5.74) is 4.76. The highest BCUT2D eigenvalue weighted by Crippen LogP contribution is 2.37. The van der Waals surface area contributed by atoms with Crippen LogP contribution in [0.1, 0.15) is 11.1 Å². The van der Waals surface area contributed by atoms with Crippen LogP contribution in [0.3, 0.4) is 0 Å². The van der Waals surface area contributed by atoms with E-state index in [2.05, 4.69) is 5.32 Å². The van der Waals surface area contributed by atoms with Crippen LogP contribution in [0.2, 0.25) is 5.02 Å². The lowest BCUT2D eigenvalue weighted by Gasteiger charge is -2.09. The summed E-state index contributed by atoms with van der Waals surface area (Å²) in [6.45, 7) is 2.46. The molecule has 0 unspecified atom stereocenters. The number of pyridine rings is 1. The van der Waals surface area contributed by atoms with Gasteiger partial charge in [0, 0.05) is 34.9 Å². The molecule has 184 valence electrons. The molecule has 0 amide bonds. The lowest BCUT2D eigenvalue weighted by molar-refractivity contribution is 0.589. The van der Waals surface area contributed by atoms with Gasteiger partial charge in [-0.05, 0) is 55.0 Å². The second kappa shape index (κ2) is 9.10. The molecule has 6 rings (SSSR count). The topological polar surface area (TPSA) is 68.4 Å². The maximum absolute atomic E-state index is 13.7. The van der Waals surface area contributed by atoms with E-state index in [-0.39, 0.29) is 4.90 Å². The molecule has 0 saturated heterocycles. The molecule has 6 nitrogen and oxygen atoms in total. The number of fused-ring (bicyclic) bond motifs is 2. The molecule has 1 N–H and O–H groups in total. The summed E-state index contributed by atoms with van der Waals surface area (Å²) in [7, 11) is -3.83. The Kier molecular flexibility index (Phi) is 5.74. The molecule has 0 aliphatic rings. The standard InChI is InChI=1S/C29H23ClN4O2S/c1-20-12-14-23(15-13-20)37(35,36)34-19-25(24-9-2-3-10-26(24)34)28-29(33-16-5-4-11-27(33)32-28)31-18-21-7-6-8-22(30)17-21/h2-17,19,31H,18H2,1H3. The SMILES string of the molecule is Cc1ccc(S(=O)(=O)n2cc(-c3nc4ccccn4c3NCc3cccc(Cl)c3)c3ccccc32)cc1. The minimum atomic E-state index is -3.83. The normalized spacial score (nSPS) is 11.8. The molecule has 8 heteroatoms. The number of nitrogens with one attached hydrogen (secondary N) is 1. The summed E-state index contributed by atoms with van der Waals surface area (Å²) in [5.74, 6) is 0.770. The van der Waals surface area contributed by atoms with Crippen LogP contribution in [0.5, 0.6) is 0 Å². The highest BCUT2D eigenvalue weighted by atomic mass is 35.5. The molecule has 0 bridgehead atoms. The number of halogens is 1. The number of nitrogens with zero attached hydrogens (tertiary/aromatic N) is 3. The summed E-state index contributed by atoms with van der Waals surface area (Å²) < 4.78 is 30.8. The third-order valence-corrected chi connectivity index (χ3v) is 8.31. The Morgan fingerprint density at radius 1 is 0.919 bits per heavy atom. The van der Waals surface area contributed by atoms with E-state index in [0.717, 1.165) is 33.5 Å². The predicted molar refractivity (Wildman–Crippen MR) is 149 cm³/mol. The highest BCUT2D eigenvalue weighted by Gasteiger charge is 2.24. The van der Waals surface area contributed by atoms with Crippen LogP contribution >= 0.6 is 11.6 Å². The van der Waals surface area contributed by atoms with Crippen LogP contribution < -0.4 is 5.32 Å². The van der Waals surface area contributed by atoms with Crippen molar-refractivity contribution in [2.24, 2.45) is 0 Å². The fourth-order valence-electron chi connectivity index (χ4n) is 4.55. The molecule has 37 heavy (non-hydrogen) atoms. The van der Waals surface area contributed by atoms with Crippen molar-refractivity contribution in [2.75, 3.05) is 5.32 Å². The zero-order chi connectivity index (χ0) is 25.6. The summed E-state index contributed by atoms with van der Waals surface area (Å²) >= 11 is 6.19. The Balaban J connectivity index is 1.53. The smallest absolute Gasteiger partial charge is 0.268 e. The number of anilines is 1. The van der Waals surface area contributed by atoms with Crippen molar-refractivity contribution in [1.82, 2.24) is 13.4 Å². The Bertz CT molecular complexity index is 1870. The maximum atomic E-state index is 13.7. The number of imidazole rings is 1. The molecular weight excluding hydrogens is 504 g/mol. The molecule has 3 aromatic carbocycles. The molecule has 0 radical (unpaired) electrons. The maximum Gasteiger partial charge on any atom is 0.268 e. The van der Waals surface area contributed by atoms with Gasteiger partial charge < -0.3 is 5.32 Å². The number of para-hydroxylation sites is 1. The van der Waals surface area contributed by atoms with Gasteiger partial charge in [0.2, 0.25) is 0 Å². The first kappa shape index (κ1) is 23.3. The van der Waals surface area contributed by atoms with Crippen LogP contribution in [0.15, 0.2) is 108 Å². The fraction of sp³-hybridized carbons (Fsp3) is 0.0690. The molecule has 0 atom stereocenters. The van der Waals surface area contributed by atoms with Gasteiger partial charge in [-0.1, -0.05) is 65.7 Å². The zero-order valence-corrected chi connectivity index (χ0v) is 21.5. The van der Waals surface area contributed by atoms with Crippen LogP contribution in [0.25, 0.3) is 27.8 Å². The first-order chi connectivity index (χ1) is 17.9. The van der Waals surface area contributed by atoms with Crippen molar-refractivity contribution >= 4 is 44.0 Å². The van der Waals surface area contributed by atoms with Crippen molar-refractivity contribution in [3.63, 3.8) is 0 Å². The van der Waals surface area contributed by atoms with Gasteiger partial charge in [0.05, 0.1) is 10.4 Å². The highest BCUT2D eigenvalue weighted by molar-refractivity contribution is 7.90. The van der Waals surface area contributed by atoms with Crippen LogP contribution in [0.4, 0.5) is 5.82 Å². The first-order valence-corrected chi connectivity index (χ1v) is 13.6. The van der Waals surface area contributed by atoms with E-state index in [0.29, 0.717) is 22.8 Å². The van der Waals surface area contributed by atoms with Crippen LogP contribution in [-0.4, -0.2) is 21.8 Å². The number of aromatic nitrogens is 3. The summed E-state index contributed by atoms with van der Waals surface area (Å²) in [6, 6.07) is 27.9. The van der Waals surface area contributed by atoms with Gasteiger partial charge >= 0.3 is 0 Å². The Morgan fingerprint density at radius 2 is 1.70 bits per heavy atom.